The summed E-state index contributed by atoms with van der Waals surface area (Å²) in [6.45, 7) is 4.98. The molecular weight excluding hydrogens is 394 g/mol. The van der Waals surface area contributed by atoms with Gasteiger partial charge in [-0.15, -0.1) is 0 Å². The first-order valence-corrected chi connectivity index (χ1v) is 10.5. The van der Waals surface area contributed by atoms with Crippen LogP contribution in [-0.2, 0) is 4.79 Å². The number of carbonyl (C=O) groups excluding carboxylic acids is 1. The molecule has 2 aromatic carbocycles. The number of ether oxygens (including phenoxy) is 3. The standard InChI is InChI=1S/C24H25N3O4/c1-16-14-22(25-23-17(16)6-5-9-20(23)29-2)26-10-12-27(13-11-26)24(28)21-15-30-18-7-3-4-8-19(18)31-21/h3-9,14,21H,10-13,15H2,1-2H3. The van der Waals surface area contributed by atoms with Crippen molar-refractivity contribution >= 4 is 22.6 Å². The molecule has 1 unspecified atom stereocenters. The second-order valence-electron chi connectivity index (χ2n) is 7.83. The molecule has 0 N–H and O–H groups in total. The van der Waals surface area contributed by atoms with Crippen molar-refractivity contribution in [2.45, 2.75) is 13.0 Å². The fourth-order valence-electron chi connectivity index (χ4n) is 4.20. The van der Waals surface area contributed by atoms with Crippen LogP contribution in [-0.4, -0.2) is 61.8 Å². The molecule has 1 fully saturated rings. The highest BCUT2D eigenvalue weighted by Gasteiger charge is 2.33. The Hall–Kier alpha value is -3.48. The molecular formula is C24H25N3O4. The Morgan fingerprint density at radius 1 is 1.06 bits per heavy atom. The van der Waals surface area contributed by atoms with Crippen LogP contribution in [0.1, 0.15) is 5.56 Å². The van der Waals surface area contributed by atoms with E-state index in [-0.39, 0.29) is 12.5 Å². The van der Waals surface area contributed by atoms with E-state index in [0.29, 0.717) is 37.7 Å². The van der Waals surface area contributed by atoms with Crippen molar-refractivity contribution in [2.24, 2.45) is 0 Å². The van der Waals surface area contributed by atoms with Crippen LogP contribution in [0.5, 0.6) is 17.2 Å². The van der Waals surface area contributed by atoms with Crippen molar-refractivity contribution in [3.8, 4) is 17.2 Å². The highest BCUT2D eigenvalue weighted by Crippen LogP contribution is 2.32. The number of fused-ring (bicyclic) bond motifs is 2. The van der Waals surface area contributed by atoms with Gasteiger partial charge in [-0.05, 0) is 36.8 Å². The third kappa shape index (κ3) is 3.60. The first-order valence-electron chi connectivity index (χ1n) is 10.5. The van der Waals surface area contributed by atoms with Crippen LogP contribution >= 0.6 is 0 Å². The number of aromatic nitrogens is 1. The molecule has 1 saturated heterocycles. The highest BCUT2D eigenvalue weighted by molar-refractivity contribution is 5.89. The molecule has 7 nitrogen and oxygen atoms in total. The van der Waals surface area contributed by atoms with Gasteiger partial charge in [0.25, 0.3) is 5.91 Å². The molecule has 5 rings (SSSR count). The summed E-state index contributed by atoms with van der Waals surface area (Å²) in [6, 6.07) is 15.5. The first kappa shape index (κ1) is 19.5. The molecule has 31 heavy (non-hydrogen) atoms. The van der Waals surface area contributed by atoms with Crippen LogP contribution in [0.25, 0.3) is 10.9 Å². The van der Waals surface area contributed by atoms with Crippen LogP contribution in [0.15, 0.2) is 48.5 Å². The summed E-state index contributed by atoms with van der Waals surface area (Å²) >= 11 is 0. The molecule has 1 amide bonds. The summed E-state index contributed by atoms with van der Waals surface area (Å²) in [7, 11) is 1.66. The summed E-state index contributed by atoms with van der Waals surface area (Å²) in [5.74, 6) is 2.96. The number of aryl methyl sites for hydroxylation is 1. The van der Waals surface area contributed by atoms with Gasteiger partial charge in [-0.3, -0.25) is 4.79 Å². The van der Waals surface area contributed by atoms with E-state index in [4.69, 9.17) is 19.2 Å². The number of para-hydroxylation sites is 3. The number of hydrogen-bond donors (Lipinski definition) is 0. The normalized spacial score (nSPS) is 18.2. The van der Waals surface area contributed by atoms with Gasteiger partial charge in [0.15, 0.2) is 11.5 Å². The summed E-state index contributed by atoms with van der Waals surface area (Å²) in [5, 5.41) is 1.09. The first-order chi connectivity index (χ1) is 15.1. The lowest BCUT2D eigenvalue weighted by atomic mass is 10.1. The predicted molar refractivity (Wildman–Crippen MR) is 118 cm³/mol. The third-order valence-corrected chi connectivity index (χ3v) is 5.92. The lowest BCUT2D eigenvalue weighted by Crippen LogP contribution is -2.54. The van der Waals surface area contributed by atoms with Crippen molar-refractivity contribution in [3.05, 3.63) is 54.1 Å². The maximum Gasteiger partial charge on any atom is 0.267 e. The fraction of sp³-hybridized carbons (Fsp3) is 0.333. The molecule has 3 heterocycles. The molecule has 1 atom stereocenters. The number of hydrogen-bond acceptors (Lipinski definition) is 6. The van der Waals surface area contributed by atoms with Gasteiger partial charge in [-0.1, -0.05) is 24.3 Å². The number of benzene rings is 2. The Labute approximate surface area is 181 Å². The number of nitrogens with zero attached hydrogens (tertiary/aromatic N) is 3. The number of carbonyl (C=O) groups is 1. The van der Waals surface area contributed by atoms with E-state index in [0.717, 1.165) is 28.0 Å². The Morgan fingerprint density at radius 2 is 1.84 bits per heavy atom. The number of piperazine rings is 1. The summed E-state index contributed by atoms with van der Waals surface area (Å²) in [6.07, 6.45) is -0.605. The molecule has 0 spiro atoms. The van der Waals surface area contributed by atoms with Crippen molar-refractivity contribution in [1.82, 2.24) is 9.88 Å². The van der Waals surface area contributed by atoms with Crippen LogP contribution in [0.2, 0.25) is 0 Å². The molecule has 160 valence electrons. The summed E-state index contributed by atoms with van der Waals surface area (Å²) < 4.78 is 17.1. The number of amides is 1. The summed E-state index contributed by atoms with van der Waals surface area (Å²) in [5.41, 5.74) is 2.02. The topological polar surface area (TPSA) is 64.1 Å². The van der Waals surface area contributed by atoms with Crippen molar-refractivity contribution < 1.29 is 19.0 Å². The van der Waals surface area contributed by atoms with Gasteiger partial charge in [0.1, 0.15) is 23.7 Å². The highest BCUT2D eigenvalue weighted by atomic mass is 16.6. The van der Waals surface area contributed by atoms with Crippen molar-refractivity contribution in [3.63, 3.8) is 0 Å². The van der Waals surface area contributed by atoms with E-state index in [2.05, 4.69) is 24.0 Å². The van der Waals surface area contributed by atoms with Gasteiger partial charge in [-0.2, -0.15) is 0 Å². The van der Waals surface area contributed by atoms with Crippen molar-refractivity contribution in [1.29, 1.82) is 0 Å². The molecule has 3 aromatic rings. The van der Waals surface area contributed by atoms with Crippen LogP contribution in [0, 0.1) is 6.92 Å². The lowest BCUT2D eigenvalue weighted by molar-refractivity contribution is -0.141. The molecule has 2 aliphatic heterocycles. The van der Waals surface area contributed by atoms with E-state index in [1.807, 2.05) is 41.3 Å². The van der Waals surface area contributed by atoms with E-state index in [1.54, 1.807) is 7.11 Å². The van der Waals surface area contributed by atoms with E-state index in [9.17, 15) is 4.79 Å². The number of anilines is 1. The molecule has 1 aromatic heterocycles. The van der Waals surface area contributed by atoms with E-state index in [1.165, 1.54) is 0 Å². The average Bonchev–Trinajstić information content (AvgIpc) is 2.83. The number of rotatable bonds is 3. The third-order valence-electron chi connectivity index (χ3n) is 5.92. The van der Waals surface area contributed by atoms with Gasteiger partial charge < -0.3 is 24.0 Å². The Kier molecular flexibility index (Phi) is 5.02. The molecule has 0 saturated carbocycles. The minimum Gasteiger partial charge on any atom is -0.494 e. The Bertz CT molecular complexity index is 1130. The Morgan fingerprint density at radius 3 is 2.61 bits per heavy atom. The lowest BCUT2D eigenvalue weighted by Gasteiger charge is -2.37. The van der Waals surface area contributed by atoms with E-state index < -0.39 is 6.10 Å². The van der Waals surface area contributed by atoms with E-state index >= 15 is 0 Å². The quantitative estimate of drug-likeness (QED) is 0.650. The zero-order valence-electron chi connectivity index (χ0n) is 17.7. The van der Waals surface area contributed by atoms with Gasteiger partial charge in [0.05, 0.1) is 7.11 Å². The predicted octanol–water partition coefficient (Wildman–Crippen LogP) is 3.04. The van der Waals surface area contributed by atoms with Crippen LogP contribution in [0.3, 0.4) is 0 Å². The maximum absolute atomic E-state index is 13.0. The molecule has 2 aliphatic rings. The fourth-order valence-corrected chi connectivity index (χ4v) is 4.20. The van der Waals surface area contributed by atoms with Gasteiger partial charge in [0, 0.05) is 31.6 Å². The molecule has 0 bridgehead atoms. The van der Waals surface area contributed by atoms with Crippen LogP contribution in [0.4, 0.5) is 5.82 Å². The van der Waals surface area contributed by atoms with Gasteiger partial charge in [-0.25, -0.2) is 4.98 Å². The van der Waals surface area contributed by atoms with Crippen LogP contribution < -0.4 is 19.1 Å². The second kappa shape index (κ2) is 7.98. The monoisotopic (exact) mass is 419 g/mol. The zero-order chi connectivity index (χ0) is 21.4. The molecule has 0 aliphatic carbocycles. The summed E-state index contributed by atoms with van der Waals surface area (Å²) in [4.78, 5) is 21.9. The average molecular weight is 419 g/mol. The number of methoxy groups -OCH3 is 1. The van der Waals surface area contributed by atoms with Crippen molar-refractivity contribution in [2.75, 3.05) is 44.8 Å². The zero-order valence-corrected chi connectivity index (χ0v) is 17.7. The van der Waals surface area contributed by atoms with Gasteiger partial charge in [0.2, 0.25) is 6.10 Å². The minimum absolute atomic E-state index is 0.0292. The minimum atomic E-state index is -0.605. The maximum atomic E-state index is 13.0. The van der Waals surface area contributed by atoms with Gasteiger partial charge >= 0.3 is 0 Å². The molecule has 7 heteroatoms. The SMILES string of the molecule is COc1cccc2c(C)cc(N3CCN(C(=O)C4COc5ccccc5O4)CC3)nc12. The smallest absolute Gasteiger partial charge is 0.267 e. The number of pyridine rings is 1. The largest absolute Gasteiger partial charge is 0.494 e. The second-order valence-corrected chi connectivity index (χ2v) is 7.83. The molecule has 0 radical (unpaired) electrons. The Balaban J connectivity index is 1.28.